The van der Waals surface area contributed by atoms with Crippen LogP contribution >= 0.6 is 0 Å². The maximum atomic E-state index is 12.2. The van der Waals surface area contributed by atoms with Gasteiger partial charge in [-0.2, -0.15) is 0 Å². The van der Waals surface area contributed by atoms with E-state index < -0.39 is 6.23 Å². The number of aliphatic hydroxyl groups excluding tert-OH is 1. The van der Waals surface area contributed by atoms with Crippen molar-refractivity contribution in [1.82, 2.24) is 14.9 Å². The molecule has 0 bridgehead atoms. The number of hydrogen-bond acceptors (Lipinski definition) is 3. The van der Waals surface area contributed by atoms with Crippen LogP contribution in [0.25, 0.3) is 11.0 Å². The Morgan fingerprint density at radius 2 is 1.88 bits per heavy atom. The zero-order valence-corrected chi connectivity index (χ0v) is 14.0. The fourth-order valence-corrected chi connectivity index (χ4v) is 3.04. The van der Waals surface area contributed by atoms with Gasteiger partial charge >= 0.3 is 5.69 Å². The zero-order chi connectivity index (χ0) is 17.1. The number of para-hydroxylation sites is 2. The van der Waals surface area contributed by atoms with E-state index in [4.69, 9.17) is 0 Å². The molecule has 0 radical (unpaired) electrons. The number of imidazole rings is 1. The van der Waals surface area contributed by atoms with Crippen LogP contribution in [0.2, 0.25) is 0 Å². The Balaban J connectivity index is 1.83. The highest BCUT2D eigenvalue weighted by Gasteiger charge is 2.11. The number of aliphatic hydroxyl groups is 1. The molecule has 1 heterocycles. The number of aromatic nitrogens is 2. The van der Waals surface area contributed by atoms with Gasteiger partial charge in [0.25, 0.3) is 0 Å². The summed E-state index contributed by atoms with van der Waals surface area (Å²) in [7, 11) is 0. The SMILES string of the molecule is CC[C@@H](NC(C)O)c1ccc(Cn2c(=O)[nH]c3ccccc32)cc1. The summed E-state index contributed by atoms with van der Waals surface area (Å²) in [4.78, 5) is 15.0. The number of nitrogens with zero attached hydrogens (tertiary/aromatic N) is 1. The first kappa shape index (κ1) is 16.5. The van der Waals surface area contributed by atoms with Crippen LogP contribution in [0, 0.1) is 0 Å². The molecule has 24 heavy (non-hydrogen) atoms. The Morgan fingerprint density at radius 3 is 2.54 bits per heavy atom. The van der Waals surface area contributed by atoms with Gasteiger partial charge in [-0.1, -0.05) is 43.3 Å². The van der Waals surface area contributed by atoms with Crippen LogP contribution in [-0.4, -0.2) is 20.9 Å². The van der Waals surface area contributed by atoms with Crippen molar-refractivity contribution in [1.29, 1.82) is 0 Å². The molecule has 2 aromatic carbocycles. The Kier molecular flexibility index (Phi) is 4.83. The molecule has 126 valence electrons. The van der Waals surface area contributed by atoms with Crippen LogP contribution in [-0.2, 0) is 6.54 Å². The van der Waals surface area contributed by atoms with Gasteiger partial charge < -0.3 is 10.1 Å². The number of benzene rings is 2. The van der Waals surface area contributed by atoms with Crippen molar-refractivity contribution in [3.05, 3.63) is 70.1 Å². The van der Waals surface area contributed by atoms with E-state index in [1.165, 1.54) is 0 Å². The van der Waals surface area contributed by atoms with Crippen molar-refractivity contribution in [2.24, 2.45) is 0 Å². The van der Waals surface area contributed by atoms with Crippen LogP contribution < -0.4 is 11.0 Å². The van der Waals surface area contributed by atoms with Crippen molar-refractivity contribution in [2.75, 3.05) is 0 Å². The summed E-state index contributed by atoms with van der Waals surface area (Å²) in [6, 6.07) is 16.0. The minimum absolute atomic E-state index is 0.0949. The maximum Gasteiger partial charge on any atom is 0.326 e. The molecule has 0 aliphatic rings. The van der Waals surface area contributed by atoms with Crippen LogP contribution in [0.4, 0.5) is 0 Å². The van der Waals surface area contributed by atoms with E-state index in [0.717, 1.165) is 28.6 Å². The van der Waals surface area contributed by atoms with E-state index in [2.05, 4.69) is 29.4 Å². The molecule has 3 rings (SSSR count). The van der Waals surface area contributed by atoms with E-state index >= 15 is 0 Å². The van der Waals surface area contributed by atoms with E-state index in [0.29, 0.717) is 6.54 Å². The van der Waals surface area contributed by atoms with Gasteiger partial charge in [0.05, 0.1) is 17.6 Å². The molecular formula is C19H23N3O2. The lowest BCUT2D eigenvalue weighted by molar-refractivity contribution is 0.139. The van der Waals surface area contributed by atoms with Gasteiger partial charge in [0.15, 0.2) is 0 Å². The molecule has 3 N–H and O–H groups in total. The Bertz CT molecular complexity index is 862. The lowest BCUT2D eigenvalue weighted by atomic mass is 10.0. The van der Waals surface area contributed by atoms with Gasteiger partial charge in [-0.3, -0.25) is 9.88 Å². The van der Waals surface area contributed by atoms with Gasteiger partial charge in [0.2, 0.25) is 0 Å². The molecule has 0 aliphatic heterocycles. The summed E-state index contributed by atoms with van der Waals surface area (Å²) in [6.45, 7) is 4.34. The Morgan fingerprint density at radius 1 is 1.17 bits per heavy atom. The first-order chi connectivity index (χ1) is 11.6. The largest absolute Gasteiger partial charge is 0.379 e. The molecule has 0 aliphatic carbocycles. The first-order valence-electron chi connectivity index (χ1n) is 8.29. The monoisotopic (exact) mass is 325 g/mol. The number of nitrogens with one attached hydrogen (secondary N) is 2. The number of hydrogen-bond donors (Lipinski definition) is 3. The Labute approximate surface area is 141 Å². The maximum absolute atomic E-state index is 12.2. The van der Waals surface area contributed by atoms with E-state index in [-0.39, 0.29) is 11.7 Å². The normalized spacial score (nSPS) is 14.0. The van der Waals surface area contributed by atoms with Crippen LogP contribution in [0.3, 0.4) is 0 Å². The minimum atomic E-state index is -0.542. The second-order valence-corrected chi connectivity index (χ2v) is 6.08. The van der Waals surface area contributed by atoms with Crippen molar-refractivity contribution in [3.8, 4) is 0 Å². The predicted octanol–water partition coefficient (Wildman–Crippen LogP) is 2.76. The second-order valence-electron chi connectivity index (χ2n) is 6.08. The van der Waals surface area contributed by atoms with E-state index in [9.17, 15) is 9.90 Å². The van der Waals surface area contributed by atoms with Gasteiger partial charge in [-0.15, -0.1) is 0 Å². The fraction of sp³-hybridized carbons (Fsp3) is 0.316. The zero-order valence-electron chi connectivity index (χ0n) is 14.0. The second kappa shape index (κ2) is 7.03. The van der Waals surface area contributed by atoms with Crippen molar-refractivity contribution < 1.29 is 5.11 Å². The minimum Gasteiger partial charge on any atom is -0.379 e. The molecule has 1 unspecified atom stereocenters. The number of rotatable bonds is 6. The fourth-order valence-electron chi connectivity index (χ4n) is 3.04. The smallest absolute Gasteiger partial charge is 0.326 e. The topological polar surface area (TPSA) is 70.0 Å². The van der Waals surface area contributed by atoms with Gasteiger partial charge in [0, 0.05) is 6.04 Å². The number of fused-ring (bicyclic) bond motifs is 1. The standard InChI is InChI=1S/C19H23N3O2/c1-3-16(20-13(2)23)15-10-8-14(9-11-15)12-22-18-7-5-4-6-17(18)21-19(22)24/h4-11,13,16,20,23H,3,12H2,1-2H3,(H,21,24)/t13?,16-/m1/s1. The molecular weight excluding hydrogens is 302 g/mol. The lowest BCUT2D eigenvalue weighted by Crippen LogP contribution is -2.29. The lowest BCUT2D eigenvalue weighted by Gasteiger charge is -2.19. The van der Waals surface area contributed by atoms with Crippen LogP contribution in [0.1, 0.15) is 37.4 Å². The average Bonchev–Trinajstić information content (AvgIpc) is 2.89. The molecule has 0 spiro atoms. The molecule has 5 heteroatoms. The van der Waals surface area contributed by atoms with Crippen molar-refractivity contribution >= 4 is 11.0 Å². The summed E-state index contributed by atoms with van der Waals surface area (Å²) in [5, 5.41) is 12.7. The summed E-state index contributed by atoms with van der Waals surface area (Å²) >= 11 is 0. The van der Waals surface area contributed by atoms with Crippen molar-refractivity contribution in [2.45, 2.75) is 39.1 Å². The molecule has 0 fully saturated rings. The van der Waals surface area contributed by atoms with Crippen LogP contribution in [0.5, 0.6) is 0 Å². The third-order valence-corrected chi connectivity index (χ3v) is 4.26. The molecule has 1 aromatic heterocycles. The molecule has 0 saturated heterocycles. The van der Waals surface area contributed by atoms with Crippen molar-refractivity contribution in [3.63, 3.8) is 0 Å². The molecule has 0 amide bonds. The average molecular weight is 325 g/mol. The third kappa shape index (κ3) is 3.42. The highest BCUT2D eigenvalue weighted by Crippen LogP contribution is 2.19. The summed E-state index contributed by atoms with van der Waals surface area (Å²) < 4.78 is 1.75. The summed E-state index contributed by atoms with van der Waals surface area (Å²) in [5.41, 5.74) is 3.87. The van der Waals surface area contributed by atoms with E-state index in [1.807, 2.05) is 36.4 Å². The quantitative estimate of drug-likeness (QED) is 0.610. The highest BCUT2D eigenvalue weighted by molar-refractivity contribution is 5.75. The van der Waals surface area contributed by atoms with Gasteiger partial charge in [-0.25, -0.2) is 4.79 Å². The van der Waals surface area contributed by atoms with Crippen LogP contribution in [0.15, 0.2) is 53.3 Å². The van der Waals surface area contributed by atoms with Gasteiger partial charge in [0.1, 0.15) is 6.23 Å². The Hall–Kier alpha value is -2.37. The first-order valence-corrected chi connectivity index (χ1v) is 8.29. The summed E-state index contributed by atoms with van der Waals surface area (Å²) in [5.74, 6) is 0. The summed E-state index contributed by atoms with van der Waals surface area (Å²) in [6.07, 6.45) is 0.353. The number of aromatic amines is 1. The molecule has 2 atom stereocenters. The van der Waals surface area contributed by atoms with E-state index in [1.54, 1.807) is 11.5 Å². The predicted molar refractivity (Wildman–Crippen MR) is 96.0 cm³/mol. The third-order valence-electron chi connectivity index (χ3n) is 4.26. The molecule has 3 aromatic rings. The molecule has 0 saturated carbocycles. The number of H-pyrrole nitrogens is 1. The highest BCUT2D eigenvalue weighted by atomic mass is 16.3. The molecule has 5 nitrogen and oxygen atoms in total. The van der Waals surface area contributed by atoms with Gasteiger partial charge in [-0.05, 0) is 36.6 Å².